The van der Waals surface area contributed by atoms with Crippen molar-refractivity contribution in [3.8, 4) is 0 Å². The average molecular weight is 264 g/mol. The van der Waals surface area contributed by atoms with Crippen LogP contribution in [-0.2, 0) is 4.74 Å². The Kier molecular flexibility index (Phi) is 3.38. The quantitative estimate of drug-likeness (QED) is 0.892. The van der Waals surface area contributed by atoms with Gasteiger partial charge in [-0.05, 0) is 44.0 Å². The molecule has 0 spiro atoms. The number of hydrogen-bond donors (Lipinski definition) is 1. The lowest BCUT2D eigenvalue weighted by molar-refractivity contribution is -0.0290. The van der Waals surface area contributed by atoms with Gasteiger partial charge in [0.25, 0.3) is 0 Å². The van der Waals surface area contributed by atoms with E-state index in [0.29, 0.717) is 5.92 Å². The maximum Gasteiger partial charge on any atom is 0.412 e. The third kappa shape index (κ3) is 2.71. The van der Waals surface area contributed by atoms with Crippen LogP contribution in [0.15, 0.2) is 24.3 Å². The number of para-hydroxylation sites is 1. The van der Waals surface area contributed by atoms with Gasteiger partial charge in [0, 0.05) is 6.54 Å². The SMILES string of the molecule is O=C(Nc1ccccc1F)O[C@@H]1CN2CCC1CC2. The van der Waals surface area contributed by atoms with Crippen molar-refractivity contribution in [2.45, 2.75) is 18.9 Å². The summed E-state index contributed by atoms with van der Waals surface area (Å²) in [5.41, 5.74) is 0.161. The molecule has 0 radical (unpaired) electrons. The number of nitrogens with one attached hydrogen (secondary N) is 1. The van der Waals surface area contributed by atoms with Gasteiger partial charge in [0.15, 0.2) is 0 Å². The summed E-state index contributed by atoms with van der Waals surface area (Å²) in [7, 11) is 0. The number of anilines is 1. The smallest absolute Gasteiger partial charge is 0.412 e. The van der Waals surface area contributed by atoms with E-state index in [4.69, 9.17) is 4.74 Å². The van der Waals surface area contributed by atoms with Crippen molar-refractivity contribution >= 4 is 11.8 Å². The van der Waals surface area contributed by atoms with E-state index in [1.54, 1.807) is 12.1 Å². The molecule has 19 heavy (non-hydrogen) atoms. The minimum atomic E-state index is -0.566. The second-order valence-electron chi connectivity index (χ2n) is 5.19. The highest BCUT2D eigenvalue weighted by atomic mass is 19.1. The van der Waals surface area contributed by atoms with Crippen molar-refractivity contribution in [2.75, 3.05) is 25.0 Å². The minimum absolute atomic E-state index is 0.0609. The number of halogens is 1. The molecule has 1 N–H and O–H groups in total. The summed E-state index contributed by atoms with van der Waals surface area (Å²) in [4.78, 5) is 14.1. The topological polar surface area (TPSA) is 41.6 Å². The highest BCUT2D eigenvalue weighted by Crippen LogP contribution is 2.29. The number of piperidine rings is 3. The van der Waals surface area contributed by atoms with Crippen LogP contribution in [-0.4, -0.2) is 36.7 Å². The summed E-state index contributed by atoms with van der Waals surface area (Å²) in [5, 5.41) is 2.46. The lowest BCUT2D eigenvalue weighted by atomic mass is 9.86. The van der Waals surface area contributed by atoms with Crippen LogP contribution >= 0.6 is 0 Å². The number of rotatable bonds is 2. The molecule has 4 rings (SSSR count). The number of carbonyl (C=O) groups is 1. The van der Waals surface area contributed by atoms with Gasteiger partial charge in [-0.15, -0.1) is 0 Å². The number of fused-ring (bicyclic) bond motifs is 3. The van der Waals surface area contributed by atoms with E-state index >= 15 is 0 Å². The van der Waals surface area contributed by atoms with Gasteiger partial charge in [-0.25, -0.2) is 9.18 Å². The van der Waals surface area contributed by atoms with Crippen molar-refractivity contribution in [3.05, 3.63) is 30.1 Å². The molecule has 3 heterocycles. The Morgan fingerprint density at radius 2 is 2.05 bits per heavy atom. The van der Waals surface area contributed by atoms with E-state index in [-0.39, 0.29) is 11.8 Å². The van der Waals surface area contributed by atoms with E-state index in [9.17, 15) is 9.18 Å². The monoisotopic (exact) mass is 264 g/mol. The van der Waals surface area contributed by atoms with E-state index in [1.807, 2.05) is 0 Å². The molecule has 0 aromatic heterocycles. The predicted molar refractivity (Wildman–Crippen MR) is 69.5 cm³/mol. The van der Waals surface area contributed by atoms with Crippen molar-refractivity contribution in [2.24, 2.45) is 5.92 Å². The van der Waals surface area contributed by atoms with Crippen LogP contribution in [0.4, 0.5) is 14.9 Å². The van der Waals surface area contributed by atoms with E-state index in [1.165, 1.54) is 12.1 Å². The summed E-state index contributed by atoms with van der Waals surface area (Å²) in [6.45, 7) is 2.99. The number of amides is 1. The first kappa shape index (κ1) is 12.4. The molecule has 1 aromatic carbocycles. The van der Waals surface area contributed by atoms with Crippen molar-refractivity contribution in [1.29, 1.82) is 0 Å². The molecule has 1 amide bonds. The van der Waals surface area contributed by atoms with Crippen molar-refractivity contribution in [3.63, 3.8) is 0 Å². The lowest BCUT2D eigenvalue weighted by Gasteiger charge is -2.43. The second kappa shape index (κ2) is 5.17. The van der Waals surface area contributed by atoms with E-state index < -0.39 is 11.9 Å². The maximum absolute atomic E-state index is 13.4. The molecule has 3 saturated heterocycles. The van der Waals surface area contributed by atoms with Crippen molar-refractivity contribution in [1.82, 2.24) is 4.90 Å². The molecule has 1 aromatic rings. The van der Waals surface area contributed by atoms with Crippen molar-refractivity contribution < 1.29 is 13.9 Å². The van der Waals surface area contributed by atoms with Gasteiger partial charge in [-0.2, -0.15) is 0 Å². The maximum atomic E-state index is 13.4. The Hall–Kier alpha value is -1.62. The zero-order valence-electron chi connectivity index (χ0n) is 10.6. The lowest BCUT2D eigenvalue weighted by Crippen LogP contribution is -2.52. The second-order valence-corrected chi connectivity index (χ2v) is 5.19. The third-order valence-electron chi connectivity index (χ3n) is 3.97. The molecule has 3 fully saturated rings. The normalized spacial score (nSPS) is 29.0. The number of hydrogen-bond acceptors (Lipinski definition) is 3. The number of ether oxygens (including phenoxy) is 1. The summed E-state index contributed by atoms with van der Waals surface area (Å²) >= 11 is 0. The standard InChI is InChI=1S/C14H17FN2O2/c15-11-3-1-2-4-12(11)16-14(18)19-13-9-17-7-5-10(13)6-8-17/h1-4,10,13H,5-9H2,(H,16,18)/t13-/m1/s1. The Morgan fingerprint density at radius 3 is 2.68 bits per heavy atom. The number of benzene rings is 1. The van der Waals surface area contributed by atoms with Crippen LogP contribution in [0.25, 0.3) is 0 Å². The molecule has 2 bridgehead atoms. The van der Waals surface area contributed by atoms with Crippen LogP contribution in [0.2, 0.25) is 0 Å². The molecule has 4 nitrogen and oxygen atoms in total. The van der Waals surface area contributed by atoms with Crippen LogP contribution in [0.1, 0.15) is 12.8 Å². The Labute approximate surface area is 111 Å². The first-order chi connectivity index (χ1) is 9.22. The minimum Gasteiger partial charge on any atom is -0.444 e. The Balaban J connectivity index is 1.58. The molecule has 3 aliphatic heterocycles. The first-order valence-electron chi connectivity index (χ1n) is 6.67. The van der Waals surface area contributed by atoms with Gasteiger partial charge < -0.3 is 4.74 Å². The summed E-state index contributed by atoms with van der Waals surface area (Å²) in [5.74, 6) is 0.00438. The molecular formula is C14H17FN2O2. The van der Waals surface area contributed by atoms with Crippen LogP contribution < -0.4 is 5.32 Å². The van der Waals surface area contributed by atoms with Gasteiger partial charge in [0.2, 0.25) is 0 Å². The molecule has 5 heteroatoms. The predicted octanol–water partition coefficient (Wildman–Crippen LogP) is 2.47. The van der Waals surface area contributed by atoms with Crippen LogP contribution in [0.3, 0.4) is 0 Å². The highest BCUT2D eigenvalue weighted by molar-refractivity contribution is 5.84. The molecule has 0 saturated carbocycles. The number of nitrogens with zero attached hydrogens (tertiary/aromatic N) is 1. The molecular weight excluding hydrogens is 247 g/mol. The van der Waals surface area contributed by atoms with Gasteiger partial charge in [-0.1, -0.05) is 12.1 Å². The van der Waals surface area contributed by atoms with Gasteiger partial charge in [0.05, 0.1) is 5.69 Å². The van der Waals surface area contributed by atoms with Gasteiger partial charge in [-0.3, -0.25) is 10.2 Å². The van der Waals surface area contributed by atoms with Gasteiger partial charge >= 0.3 is 6.09 Å². The third-order valence-corrected chi connectivity index (χ3v) is 3.97. The Morgan fingerprint density at radius 1 is 1.32 bits per heavy atom. The Bertz CT molecular complexity index is 472. The molecule has 102 valence electrons. The fourth-order valence-electron chi connectivity index (χ4n) is 2.88. The van der Waals surface area contributed by atoms with Gasteiger partial charge in [0.1, 0.15) is 11.9 Å². The van der Waals surface area contributed by atoms with Crippen LogP contribution in [0.5, 0.6) is 0 Å². The highest BCUT2D eigenvalue weighted by Gasteiger charge is 2.36. The molecule has 0 aliphatic carbocycles. The molecule has 3 aliphatic rings. The fourth-order valence-corrected chi connectivity index (χ4v) is 2.88. The van der Waals surface area contributed by atoms with E-state index in [2.05, 4.69) is 10.2 Å². The first-order valence-corrected chi connectivity index (χ1v) is 6.67. The fraction of sp³-hybridized carbons (Fsp3) is 0.500. The average Bonchev–Trinajstić information content (AvgIpc) is 2.43. The molecule has 1 atom stereocenters. The zero-order valence-corrected chi connectivity index (χ0v) is 10.6. The number of carbonyl (C=O) groups excluding carboxylic acids is 1. The molecule has 0 unspecified atom stereocenters. The summed E-state index contributed by atoms with van der Waals surface area (Å²) in [6.07, 6.45) is 1.54. The summed E-state index contributed by atoms with van der Waals surface area (Å²) in [6, 6.07) is 6.09. The zero-order chi connectivity index (χ0) is 13.2. The summed E-state index contributed by atoms with van der Waals surface area (Å²) < 4.78 is 18.8. The largest absolute Gasteiger partial charge is 0.444 e. The van der Waals surface area contributed by atoms with Crippen LogP contribution in [0, 0.1) is 11.7 Å². The van der Waals surface area contributed by atoms with E-state index in [0.717, 1.165) is 32.5 Å².